The Morgan fingerprint density at radius 3 is 2.12 bits per heavy atom. The van der Waals surface area contributed by atoms with Crippen molar-refractivity contribution < 1.29 is 18.0 Å². The number of hydrogen-bond acceptors (Lipinski definition) is 4. The van der Waals surface area contributed by atoms with Gasteiger partial charge in [-0.2, -0.15) is 0 Å². The van der Waals surface area contributed by atoms with E-state index >= 15 is 0 Å². The van der Waals surface area contributed by atoms with E-state index in [9.17, 15) is 18.0 Å². The number of aryl methyl sites for hydroxylation is 1. The van der Waals surface area contributed by atoms with E-state index in [0.717, 1.165) is 21.7 Å². The van der Waals surface area contributed by atoms with E-state index in [1.165, 1.54) is 4.90 Å². The average molecular weight is 474 g/mol. The lowest BCUT2D eigenvalue weighted by Crippen LogP contribution is -2.54. The fourth-order valence-electron chi connectivity index (χ4n) is 3.48. The zero-order chi connectivity index (χ0) is 24.8. The molecule has 0 bridgehead atoms. The molecule has 0 fully saturated rings. The lowest BCUT2D eigenvalue weighted by molar-refractivity contribution is -0.140. The first-order chi connectivity index (χ1) is 15.3. The normalized spacial score (nSPS) is 12.7. The minimum atomic E-state index is -3.74. The van der Waals surface area contributed by atoms with Crippen molar-refractivity contribution in [1.29, 1.82) is 0 Å². The number of nitrogens with one attached hydrogen (secondary N) is 1. The molecule has 0 heterocycles. The van der Waals surface area contributed by atoms with E-state index in [4.69, 9.17) is 0 Å². The van der Waals surface area contributed by atoms with Crippen LogP contribution in [0.1, 0.15) is 45.7 Å². The van der Waals surface area contributed by atoms with E-state index in [1.807, 2.05) is 70.2 Å². The van der Waals surface area contributed by atoms with Crippen LogP contribution in [-0.4, -0.2) is 49.5 Å². The molecule has 0 aliphatic carbocycles. The Kier molecular flexibility index (Phi) is 8.66. The number of benzene rings is 2. The van der Waals surface area contributed by atoms with E-state index in [0.29, 0.717) is 12.1 Å². The molecule has 1 N–H and O–H groups in total. The van der Waals surface area contributed by atoms with Crippen molar-refractivity contribution in [3.8, 4) is 0 Å². The Hall–Kier alpha value is -2.87. The van der Waals surface area contributed by atoms with Crippen molar-refractivity contribution in [3.63, 3.8) is 0 Å². The second-order valence-corrected chi connectivity index (χ2v) is 11.1. The van der Waals surface area contributed by atoms with Crippen molar-refractivity contribution in [1.82, 2.24) is 10.2 Å². The molecule has 8 heteroatoms. The molecular weight excluding hydrogens is 438 g/mol. The van der Waals surface area contributed by atoms with Gasteiger partial charge in [0.1, 0.15) is 12.6 Å². The monoisotopic (exact) mass is 473 g/mol. The Labute approximate surface area is 197 Å². The van der Waals surface area contributed by atoms with Gasteiger partial charge in [0.15, 0.2) is 0 Å². The second-order valence-electron chi connectivity index (χ2n) is 9.17. The summed E-state index contributed by atoms with van der Waals surface area (Å²) in [6.07, 6.45) is 1.71. The van der Waals surface area contributed by atoms with Gasteiger partial charge in [0.2, 0.25) is 21.8 Å². The van der Waals surface area contributed by atoms with Gasteiger partial charge in [-0.1, -0.05) is 55.5 Å². The molecule has 180 valence electrons. The van der Waals surface area contributed by atoms with Gasteiger partial charge in [-0.15, -0.1) is 0 Å². The third-order valence-corrected chi connectivity index (χ3v) is 6.31. The van der Waals surface area contributed by atoms with Crippen molar-refractivity contribution >= 4 is 27.5 Å². The predicted octanol–water partition coefficient (Wildman–Crippen LogP) is 3.35. The highest BCUT2D eigenvalue weighted by Gasteiger charge is 2.31. The number of rotatable bonds is 9. The second kappa shape index (κ2) is 10.8. The highest BCUT2D eigenvalue weighted by atomic mass is 32.2. The molecule has 2 aromatic carbocycles. The molecular formula is C25H35N3O4S. The zero-order valence-electron chi connectivity index (χ0n) is 20.3. The van der Waals surface area contributed by atoms with Crippen molar-refractivity contribution in [3.05, 3.63) is 65.7 Å². The first-order valence-electron chi connectivity index (χ1n) is 11.0. The molecule has 0 spiro atoms. The van der Waals surface area contributed by atoms with Crippen LogP contribution >= 0.6 is 0 Å². The lowest BCUT2D eigenvalue weighted by atomic mass is 10.1. The fourth-order valence-corrected chi connectivity index (χ4v) is 4.37. The maximum Gasteiger partial charge on any atom is 0.244 e. The van der Waals surface area contributed by atoms with Crippen LogP contribution in [0, 0.1) is 0 Å². The van der Waals surface area contributed by atoms with Crippen LogP contribution in [0.4, 0.5) is 5.69 Å². The molecule has 2 rings (SSSR count). The van der Waals surface area contributed by atoms with Gasteiger partial charge < -0.3 is 10.2 Å². The Morgan fingerprint density at radius 2 is 1.58 bits per heavy atom. The van der Waals surface area contributed by atoms with Crippen molar-refractivity contribution in [2.24, 2.45) is 0 Å². The number of sulfonamides is 1. The molecule has 2 amide bonds. The fraction of sp³-hybridized carbons (Fsp3) is 0.440. The van der Waals surface area contributed by atoms with Crippen LogP contribution in [0.5, 0.6) is 0 Å². The Bertz CT molecular complexity index is 1060. The summed E-state index contributed by atoms with van der Waals surface area (Å²) in [7, 11) is -3.74. The summed E-state index contributed by atoms with van der Waals surface area (Å²) in [5.41, 5.74) is 1.68. The minimum Gasteiger partial charge on any atom is -0.350 e. The smallest absolute Gasteiger partial charge is 0.244 e. The number of amides is 2. The molecule has 2 aromatic rings. The molecule has 0 radical (unpaired) electrons. The van der Waals surface area contributed by atoms with Gasteiger partial charge in [-0.25, -0.2) is 8.42 Å². The number of para-hydroxylation sites is 1. The van der Waals surface area contributed by atoms with Crippen LogP contribution in [0.3, 0.4) is 0 Å². The topological polar surface area (TPSA) is 86.8 Å². The summed E-state index contributed by atoms with van der Waals surface area (Å²) >= 11 is 0. The van der Waals surface area contributed by atoms with Gasteiger partial charge >= 0.3 is 0 Å². The molecule has 0 saturated carbocycles. The SMILES string of the molecule is CCc1ccccc1N(CC(=O)N(Cc1ccccc1)[C@@H](C)C(=O)NC(C)(C)C)S(C)(=O)=O. The van der Waals surface area contributed by atoms with Gasteiger partial charge in [0.25, 0.3) is 0 Å². The zero-order valence-corrected chi connectivity index (χ0v) is 21.1. The highest BCUT2D eigenvalue weighted by Crippen LogP contribution is 2.24. The molecule has 0 saturated heterocycles. The van der Waals surface area contributed by atoms with E-state index < -0.39 is 34.1 Å². The third kappa shape index (κ3) is 7.60. The summed E-state index contributed by atoms with van der Waals surface area (Å²) < 4.78 is 26.5. The lowest BCUT2D eigenvalue weighted by Gasteiger charge is -2.33. The molecule has 0 aliphatic rings. The molecule has 0 unspecified atom stereocenters. The van der Waals surface area contributed by atoms with Crippen LogP contribution < -0.4 is 9.62 Å². The number of hydrogen-bond donors (Lipinski definition) is 1. The Morgan fingerprint density at radius 1 is 1.00 bits per heavy atom. The van der Waals surface area contributed by atoms with Crippen LogP contribution in [0.25, 0.3) is 0 Å². The van der Waals surface area contributed by atoms with E-state index in [1.54, 1.807) is 19.1 Å². The molecule has 7 nitrogen and oxygen atoms in total. The maximum absolute atomic E-state index is 13.5. The average Bonchev–Trinajstić information content (AvgIpc) is 2.74. The third-order valence-electron chi connectivity index (χ3n) is 5.18. The number of carbonyl (C=O) groups excluding carboxylic acids is 2. The molecule has 0 aliphatic heterocycles. The van der Waals surface area contributed by atoms with Gasteiger partial charge in [-0.05, 0) is 51.3 Å². The highest BCUT2D eigenvalue weighted by molar-refractivity contribution is 7.92. The van der Waals surface area contributed by atoms with E-state index in [-0.39, 0.29) is 12.5 Å². The quantitative estimate of drug-likeness (QED) is 0.605. The summed E-state index contributed by atoms with van der Waals surface area (Å²) in [5.74, 6) is -0.751. The molecule has 1 atom stereocenters. The first kappa shape index (κ1) is 26.4. The first-order valence-corrected chi connectivity index (χ1v) is 12.9. The number of carbonyl (C=O) groups is 2. The predicted molar refractivity (Wildman–Crippen MR) is 132 cm³/mol. The summed E-state index contributed by atoms with van der Waals surface area (Å²) in [4.78, 5) is 27.9. The minimum absolute atomic E-state index is 0.186. The molecule has 0 aromatic heterocycles. The standard InChI is InChI=1S/C25H35N3O4S/c1-7-21-15-11-12-16-22(21)28(33(6,31)32)18-23(29)27(17-20-13-9-8-10-14-20)19(2)24(30)26-25(3,4)5/h8-16,19H,7,17-18H2,1-6H3,(H,26,30)/t19-/m0/s1. The maximum atomic E-state index is 13.5. The summed E-state index contributed by atoms with van der Waals surface area (Å²) in [6, 6.07) is 15.7. The number of anilines is 1. The molecule has 33 heavy (non-hydrogen) atoms. The summed E-state index contributed by atoms with van der Waals surface area (Å²) in [6.45, 7) is 8.99. The van der Waals surface area contributed by atoms with Gasteiger partial charge in [-0.3, -0.25) is 13.9 Å². The van der Waals surface area contributed by atoms with Crippen molar-refractivity contribution in [2.75, 3.05) is 17.1 Å². The van der Waals surface area contributed by atoms with Gasteiger partial charge in [0.05, 0.1) is 11.9 Å². The Balaban J connectivity index is 2.41. The van der Waals surface area contributed by atoms with E-state index in [2.05, 4.69) is 5.32 Å². The summed E-state index contributed by atoms with van der Waals surface area (Å²) in [5, 5.41) is 2.91. The van der Waals surface area contributed by atoms with Crippen LogP contribution in [-0.2, 0) is 32.6 Å². The van der Waals surface area contributed by atoms with Crippen molar-refractivity contribution in [2.45, 2.75) is 59.2 Å². The van der Waals surface area contributed by atoms with Crippen LogP contribution in [0.2, 0.25) is 0 Å². The number of nitrogens with zero attached hydrogens (tertiary/aromatic N) is 2. The van der Waals surface area contributed by atoms with Crippen LogP contribution in [0.15, 0.2) is 54.6 Å². The largest absolute Gasteiger partial charge is 0.350 e. The van der Waals surface area contributed by atoms with Gasteiger partial charge in [0, 0.05) is 12.1 Å².